The minimum Gasteiger partial charge on any atom is -0.508 e. The van der Waals surface area contributed by atoms with Crippen LogP contribution in [0, 0.1) is 0 Å². The molecule has 5 aromatic rings. The van der Waals surface area contributed by atoms with Crippen molar-refractivity contribution >= 4 is 18.7 Å². The maximum absolute atomic E-state index is 12.8. The summed E-state index contributed by atoms with van der Waals surface area (Å²) in [7, 11) is -4.37. The third-order valence-corrected chi connectivity index (χ3v) is 7.72. The number of phenolic OH excluding ortho intramolecular Hbond substituents is 2. The van der Waals surface area contributed by atoms with E-state index in [-0.39, 0.29) is 28.5 Å². The van der Waals surface area contributed by atoms with Gasteiger partial charge in [-0.3, -0.25) is 9.36 Å². The van der Waals surface area contributed by atoms with Crippen molar-refractivity contribution in [2.24, 2.45) is 0 Å². The standard InChI is InChI=1S/C33H27O7P/c34-27-12-4-23(5-13-27)32(24-6-14-28(35)15-7-24)21-22-2-1-3-30(20-22)40-29-16-8-25(9-17-29)33(36)26-10-18-31(19-11-26)41(37,38)39/h1-20,32,34-35H,21H2,(H2,37,38,39). The van der Waals surface area contributed by atoms with Gasteiger partial charge in [0.15, 0.2) is 5.78 Å². The van der Waals surface area contributed by atoms with E-state index in [2.05, 4.69) is 0 Å². The highest BCUT2D eigenvalue weighted by atomic mass is 31.2. The number of ketones is 1. The third kappa shape index (κ3) is 6.91. The molecule has 206 valence electrons. The number of rotatable bonds is 9. The van der Waals surface area contributed by atoms with Crippen molar-refractivity contribution in [1.82, 2.24) is 0 Å². The Balaban J connectivity index is 1.31. The molecule has 0 unspecified atom stereocenters. The Kier molecular flexibility index (Phi) is 8.04. The topological polar surface area (TPSA) is 124 Å². The number of carbonyl (C=O) groups excluding carboxylic acids is 1. The van der Waals surface area contributed by atoms with Crippen LogP contribution in [-0.4, -0.2) is 25.8 Å². The second-order valence-electron chi connectivity index (χ2n) is 9.63. The van der Waals surface area contributed by atoms with Crippen LogP contribution in [0.2, 0.25) is 0 Å². The van der Waals surface area contributed by atoms with Crippen LogP contribution in [0.25, 0.3) is 0 Å². The molecule has 7 nitrogen and oxygen atoms in total. The van der Waals surface area contributed by atoms with E-state index in [9.17, 15) is 29.4 Å². The highest BCUT2D eigenvalue weighted by Gasteiger charge is 2.18. The fraction of sp³-hybridized carbons (Fsp3) is 0.0606. The molecular formula is C33H27O7P. The first-order valence-electron chi connectivity index (χ1n) is 12.8. The molecule has 0 aliphatic heterocycles. The van der Waals surface area contributed by atoms with Crippen LogP contribution in [0.5, 0.6) is 23.0 Å². The molecule has 0 radical (unpaired) electrons. The first kappa shape index (κ1) is 27.9. The number of hydrogen-bond donors (Lipinski definition) is 4. The van der Waals surface area contributed by atoms with E-state index in [1.54, 1.807) is 48.5 Å². The van der Waals surface area contributed by atoms with Crippen LogP contribution in [0.1, 0.15) is 38.5 Å². The second-order valence-corrected chi connectivity index (χ2v) is 11.2. The largest absolute Gasteiger partial charge is 0.508 e. The van der Waals surface area contributed by atoms with E-state index in [1.165, 1.54) is 24.3 Å². The summed E-state index contributed by atoms with van der Waals surface area (Å²) < 4.78 is 17.4. The van der Waals surface area contributed by atoms with Crippen LogP contribution in [-0.2, 0) is 11.0 Å². The molecule has 0 bridgehead atoms. The molecule has 8 heteroatoms. The number of ether oxygens (including phenoxy) is 1. The normalized spacial score (nSPS) is 11.4. The van der Waals surface area contributed by atoms with Crippen LogP contribution in [0.15, 0.2) is 121 Å². The first-order chi connectivity index (χ1) is 19.7. The molecule has 0 aliphatic rings. The van der Waals surface area contributed by atoms with Crippen molar-refractivity contribution in [3.05, 3.63) is 149 Å². The third-order valence-electron chi connectivity index (χ3n) is 6.75. The maximum Gasteiger partial charge on any atom is 0.356 e. The SMILES string of the molecule is O=C(c1ccc(Oc2cccc(CC(c3ccc(O)cc3)c3ccc(O)cc3)c2)cc1)c1ccc(P(=O)(O)O)cc1. The molecule has 0 heterocycles. The molecule has 0 fully saturated rings. The van der Waals surface area contributed by atoms with Crippen molar-refractivity contribution in [2.75, 3.05) is 0 Å². The van der Waals surface area contributed by atoms with E-state index >= 15 is 0 Å². The zero-order valence-corrected chi connectivity index (χ0v) is 22.7. The predicted octanol–water partition coefficient (Wildman–Crippen LogP) is 6.30. The molecule has 0 aliphatic carbocycles. The number of aromatic hydroxyl groups is 2. The zero-order chi connectivity index (χ0) is 29.0. The fourth-order valence-electron chi connectivity index (χ4n) is 4.60. The minimum atomic E-state index is -4.37. The summed E-state index contributed by atoms with van der Waals surface area (Å²) >= 11 is 0. The lowest BCUT2D eigenvalue weighted by molar-refractivity contribution is 0.103. The Morgan fingerprint density at radius 1 is 0.659 bits per heavy atom. The minimum absolute atomic E-state index is 0.0208. The van der Waals surface area contributed by atoms with Crippen LogP contribution < -0.4 is 10.0 Å². The number of carbonyl (C=O) groups is 1. The summed E-state index contributed by atoms with van der Waals surface area (Å²) in [6, 6.07) is 33.9. The molecule has 0 aromatic heterocycles. The van der Waals surface area contributed by atoms with Gasteiger partial charge in [-0.2, -0.15) is 0 Å². The molecule has 0 saturated carbocycles. The first-order valence-corrected chi connectivity index (χ1v) is 14.4. The van der Waals surface area contributed by atoms with Gasteiger partial charge in [0, 0.05) is 17.0 Å². The predicted molar refractivity (Wildman–Crippen MR) is 156 cm³/mol. The Morgan fingerprint density at radius 3 is 1.68 bits per heavy atom. The van der Waals surface area contributed by atoms with Gasteiger partial charge in [-0.15, -0.1) is 0 Å². The average molecular weight is 567 g/mol. The number of hydrogen-bond acceptors (Lipinski definition) is 5. The lowest BCUT2D eigenvalue weighted by Gasteiger charge is -2.19. The zero-order valence-electron chi connectivity index (χ0n) is 21.8. The number of phenols is 2. The Hall–Kier alpha value is -4.68. The van der Waals surface area contributed by atoms with Crippen LogP contribution >= 0.6 is 7.60 Å². The highest BCUT2D eigenvalue weighted by Crippen LogP contribution is 2.34. The fourth-order valence-corrected chi connectivity index (χ4v) is 5.13. The van der Waals surface area contributed by atoms with Gasteiger partial charge in [0.05, 0.1) is 5.30 Å². The summed E-state index contributed by atoms with van der Waals surface area (Å²) in [5.74, 6) is 1.27. The maximum atomic E-state index is 12.8. The van der Waals surface area contributed by atoms with Crippen molar-refractivity contribution in [1.29, 1.82) is 0 Å². The molecule has 0 spiro atoms. The van der Waals surface area contributed by atoms with Crippen molar-refractivity contribution in [3.8, 4) is 23.0 Å². The highest BCUT2D eigenvalue weighted by molar-refractivity contribution is 7.60. The van der Waals surface area contributed by atoms with E-state index < -0.39 is 7.60 Å². The Bertz CT molecular complexity index is 1640. The summed E-state index contributed by atoms with van der Waals surface area (Å²) in [4.78, 5) is 31.4. The second kappa shape index (κ2) is 11.8. The summed E-state index contributed by atoms with van der Waals surface area (Å²) in [5.41, 5.74) is 3.81. The van der Waals surface area contributed by atoms with Gasteiger partial charge < -0.3 is 24.7 Å². The summed E-state index contributed by atoms with van der Waals surface area (Å²) in [6.07, 6.45) is 0.654. The van der Waals surface area contributed by atoms with Gasteiger partial charge >= 0.3 is 7.60 Å². The van der Waals surface area contributed by atoms with E-state index in [0.717, 1.165) is 16.7 Å². The smallest absolute Gasteiger partial charge is 0.356 e. The summed E-state index contributed by atoms with van der Waals surface area (Å²) in [5, 5.41) is 19.4. The molecular weight excluding hydrogens is 539 g/mol. The Labute approximate surface area is 237 Å². The van der Waals surface area contributed by atoms with Gasteiger partial charge in [0.25, 0.3) is 0 Å². The van der Waals surface area contributed by atoms with Crippen molar-refractivity contribution < 1.29 is 34.1 Å². The lowest BCUT2D eigenvalue weighted by atomic mass is 9.86. The monoisotopic (exact) mass is 566 g/mol. The summed E-state index contributed by atoms with van der Waals surface area (Å²) in [6.45, 7) is 0. The molecule has 0 amide bonds. The van der Waals surface area contributed by atoms with E-state index in [0.29, 0.717) is 29.0 Å². The molecule has 0 saturated heterocycles. The number of benzene rings is 5. The van der Waals surface area contributed by atoms with Crippen molar-refractivity contribution in [3.63, 3.8) is 0 Å². The molecule has 41 heavy (non-hydrogen) atoms. The van der Waals surface area contributed by atoms with Crippen LogP contribution in [0.4, 0.5) is 0 Å². The molecule has 5 rings (SSSR count). The molecule has 5 aromatic carbocycles. The average Bonchev–Trinajstić information content (AvgIpc) is 2.97. The van der Waals surface area contributed by atoms with Gasteiger partial charge in [-0.1, -0.05) is 48.5 Å². The van der Waals surface area contributed by atoms with E-state index in [4.69, 9.17) is 4.74 Å². The van der Waals surface area contributed by atoms with Crippen molar-refractivity contribution in [2.45, 2.75) is 12.3 Å². The quantitative estimate of drug-likeness (QED) is 0.122. The molecule has 4 N–H and O–H groups in total. The van der Waals surface area contributed by atoms with Gasteiger partial charge in [-0.05, 0) is 95.9 Å². The Morgan fingerprint density at radius 2 is 1.17 bits per heavy atom. The van der Waals surface area contributed by atoms with E-state index in [1.807, 2.05) is 48.5 Å². The van der Waals surface area contributed by atoms with Crippen LogP contribution in [0.3, 0.4) is 0 Å². The van der Waals surface area contributed by atoms with Gasteiger partial charge in [0.1, 0.15) is 23.0 Å². The van der Waals surface area contributed by atoms with Gasteiger partial charge in [0.2, 0.25) is 0 Å². The molecule has 0 atom stereocenters. The lowest BCUT2D eigenvalue weighted by Crippen LogP contribution is -2.07. The van der Waals surface area contributed by atoms with Gasteiger partial charge in [-0.25, -0.2) is 0 Å².